The fraction of sp³-hybridized carbons (Fsp3) is 0.516. The number of hydrogen-bond donors (Lipinski definition) is 3. The number of alkyl halides is 1. The van der Waals surface area contributed by atoms with Gasteiger partial charge in [0.05, 0.1) is 30.5 Å². The molecule has 13 heteroatoms. The number of nitrogens with one attached hydrogen (secondary N) is 3. The van der Waals surface area contributed by atoms with E-state index in [1.807, 2.05) is 37.3 Å². The van der Waals surface area contributed by atoms with Gasteiger partial charge in [0, 0.05) is 11.9 Å². The number of amides is 3. The summed E-state index contributed by atoms with van der Waals surface area (Å²) < 4.78 is 31.8. The van der Waals surface area contributed by atoms with E-state index < -0.39 is 53.1 Å². The minimum absolute atomic E-state index is 0.0379. The molecule has 2 fully saturated rings. The molecule has 3 aliphatic heterocycles. The van der Waals surface area contributed by atoms with Crippen molar-refractivity contribution >= 4 is 40.7 Å². The highest BCUT2D eigenvalue weighted by molar-refractivity contribution is 5.92. The van der Waals surface area contributed by atoms with Gasteiger partial charge in [0.2, 0.25) is 12.0 Å². The number of cyclic esters (lactones) is 1. The van der Waals surface area contributed by atoms with E-state index >= 15 is 4.39 Å². The SMILES string of the molecule is C[C@@H]1NC(=O)[C@H](C(C)(C)F)OC(=O)C2(/C=C/c3ccc4ccc(nc4c3)[C@@H](C)NC(=O)[C@@H]3CCCN(N3)C1=O)COCOC2. The zero-order chi connectivity index (χ0) is 31.6. The summed E-state index contributed by atoms with van der Waals surface area (Å²) in [5.74, 6) is -2.73. The highest BCUT2D eigenvalue weighted by Gasteiger charge is 2.47. The number of hydrazine groups is 1. The Morgan fingerprint density at radius 1 is 1.00 bits per heavy atom. The predicted octanol–water partition coefficient (Wildman–Crippen LogP) is 2.09. The van der Waals surface area contributed by atoms with Crippen LogP contribution >= 0.6 is 0 Å². The second kappa shape index (κ2) is 12.6. The Bertz CT molecular complexity index is 1470. The number of carbonyl (C=O) groups excluding carboxylic acids is 4. The number of ether oxygens (including phenoxy) is 3. The highest BCUT2D eigenvalue weighted by atomic mass is 19.1. The third-order valence-corrected chi connectivity index (χ3v) is 8.01. The van der Waals surface area contributed by atoms with Crippen molar-refractivity contribution in [1.82, 2.24) is 26.1 Å². The molecule has 1 spiro atoms. The van der Waals surface area contributed by atoms with Crippen LogP contribution < -0.4 is 16.1 Å². The van der Waals surface area contributed by atoms with Gasteiger partial charge in [-0.1, -0.05) is 30.4 Å². The molecule has 1 aromatic heterocycles. The van der Waals surface area contributed by atoms with Gasteiger partial charge < -0.3 is 24.8 Å². The third-order valence-electron chi connectivity index (χ3n) is 8.01. The molecule has 0 unspecified atom stereocenters. The summed E-state index contributed by atoms with van der Waals surface area (Å²) in [6, 6.07) is 7.08. The summed E-state index contributed by atoms with van der Waals surface area (Å²) in [5, 5.41) is 7.61. The Morgan fingerprint density at radius 2 is 1.70 bits per heavy atom. The first-order valence-electron chi connectivity index (χ1n) is 14.7. The molecule has 44 heavy (non-hydrogen) atoms. The molecular formula is C31H38FN5O7. The fourth-order valence-electron chi connectivity index (χ4n) is 5.42. The van der Waals surface area contributed by atoms with Gasteiger partial charge in [-0.3, -0.25) is 29.2 Å². The molecule has 236 valence electrons. The molecule has 5 bridgehead atoms. The molecule has 3 N–H and O–H groups in total. The molecular weight excluding hydrogens is 573 g/mol. The normalized spacial score (nSPS) is 27.9. The first-order valence-corrected chi connectivity index (χ1v) is 14.7. The van der Waals surface area contributed by atoms with Crippen molar-refractivity contribution < 1.29 is 37.8 Å². The highest BCUT2D eigenvalue weighted by Crippen LogP contribution is 2.31. The fourth-order valence-corrected chi connectivity index (χ4v) is 5.42. The minimum Gasteiger partial charge on any atom is -0.448 e. The maximum atomic E-state index is 15.4. The summed E-state index contributed by atoms with van der Waals surface area (Å²) >= 11 is 0. The quantitative estimate of drug-likeness (QED) is 0.413. The zero-order valence-electron chi connectivity index (χ0n) is 25.2. The number of hydrogen-bond acceptors (Lipinski definition) is 9. The second-order valence-corrected chi connectivity index (χ2v) is 12.1. The second-order valence-electron chi connectivity index (χ2n) is 12.1. The van der Waals surface area contributed by atoms with Crippen molar-refractivity contribution in [1.29, 1.82) is 0 Å². The van der Waals surface area contributed by atoms with Crippen LogP contribution in [0.2, 0.25) is 0 Å². The van der Waals surface area contributed by atoms with Crippen molar-refractivity contribution in [3.63, 3.8) is 0 Å². The number of nitrogens with zero attached hydrogens (tertiary/aromatic N) is 2. The van der Waals surface area contributed by atoms with Gasteiger partial charge in [0.1, 0.15) is 24.3 Å². The number of carbonyl (C=O) groups is 4. The van der Waals surface area contributed by atoms with Gasteiger partial charge in [-0.15, -0.1) is 0 Å². The first kappa shape index (κ1) is 31.5. The van der Waals surface area contributed by atoms with Gasteiger partial charge in [-0.05, 0) is 58.2 Å². The van der Waals surface area contributed by atoms with E-state index in [4.69, 9.17) is 19.2 Å². The van der Waals surface area contributed by atoms with E-state index in [1.54, 1.807) is 12.2 Å². The lowest BCUT2D eigenvalue weighted by Crippen LogP contribution is -2.62. The smallest absolute Gasteiger partial charge is 0.321 e. The van der Waals surface area contributed by atoms with E-state index in [0.29, 0.717) is 36.2 Å². The zero-order valence-corrected chi connectivity index (χ0v) is 25.2. The van der Waals surface area contributed by atoms with E-state index in [0.717, 1.165) is 19.2 Å². The maximum Gasteiger partial charge on any atom is 0.321 e. The van der Waals surface area contributed by atoms with Crippen LogP contribution in [0.5, 0.6) is 0 Å². The van der Waals surface area contributed by atoms with Crippen LogP contribution in [0.25, 0.3) is 17.0 Å². The summed E-state index contributed by atoms with van der Waals surface area (Å²) in [6.45, 7) is 5.52. The molecule has 0 saturated carbocycles. The maximum absolute atomic E-state index is 15.4. The van der Waals surface area contributed by atoms with Crippen molar-refractivity contribution in [2.24, 2.45) is 5.41 Å². The van der Waals surface area contributed by atoms with Crippen LogP contribution in [0, 0.1) is 5.41 Å². The summed E-state index contributed by atoms with van der Waals surface area (Å²) in [7, 11) is 0. The van der Waals surface area contributed by atoms with Crippen LogP contribution in [0.3, 0.4) is 0 Å². The number of benzene rings is 1. The van der Waals surface area contributed by atoms with E-state index in [2.05, 4.69) is 16.1 Å². The molecule has 3 amide bonds. The Labute approximate surface area is 254 Å². The molecule has 1 aromatic carbocycles. The van der Waals surface area contributed by atoms with Crippen LogP contribution in [-0.2, 0) is 33.4 Å². The van der Waals surface area contributed by atoms with Gasteiger partial charge in [-0.2, -0.15) is 0 Å². The Morgan fingerprint density at radius 3 is 2.43 bits per heavy atom. The van der Waals surface area contributed by atoms with Crippen molar-refractivity contribution in [2.75, 3.05) is 26.6 Å². The van der Waals surface area contributed by atoms with Gasteiger partial charge in [0.25, 0.3) is 11.8 Å². The lowest BCUT2D eigenvalue weighted by atomic mass is 9.88. The number of halogens is 1. The number of fused-ring (bicyclic) bond motifs is 4. The van der Waals surface area contributed by atoms with Crippen molar-refractivity contribution in [3.05, 3.63) is 47.7 Å². The average Bonchev–Trinajstić information content (AvgIpc) is 3.01. The monoisotopic (exact) mass is 611 g/mol. The molecule has 0 aliphatic carbocycles. The molecule has 3 aliphatic rings. The van der Waals surface area contributed by atoms with Gasteiger partial charge in [0.15, 0.2) is 5.67 Å². The lowest BCUT2D eigenvalue weighted by Gasteiger charge is -2.36. The average molecular weight is 612 g/mol. The molecule has 2 aromatic rings. The van der Waals surface area contributed by atoms with Crippen LogP contribution in [-0.4, -0.2) is 84.1 Å². The minimum atomic E-state index is -2.30. The Hall–Kier alpha value is -3.94. The summed E-state index contributed by atoms with van der Waals surface area (Å²) in [4.78, 5) is 58.2. The number of aromatic nitrogens is 1. The van der Waals surface area contributed by atoms with Crippen LogP contribution in [0.4, 0.5) is 4.39 Å². The molecule has 5 rings (SSSR count). The van der Waals surface area contributed by atoms with E-state index in [-0.39, 0.29) is 25.9 Å². The molecule has 12 nitrogen and oxygen atoms in total. The lowest BCUT2D eigenvalue weighted by molar-refractivity contribution is -0.196. The van der Waals surface area contributed by atoms with Gasteiger partial charge >= 0.3 is 5.97 Å². The molecule has 0 radical (unpaired) electrons. The summed E-state index contributed by atoms with van der Waals surface area (Å²) in [5.41, 5.74) is 1.20. The summed E-state index contributed by atoms with van der Waals surface area (Å²) in [6.07, 6.45) is 2.41. The Balaban J connectivity index is 1.54. The predicted molar refractivity (Wildman–Crippen MR) is 157 cm³/mol. The van der Waals surface area contributed by atoms with E-state index in [1.165, 1.54) is 11.9 Å². The topological polar surface area (TPSA) is 148 Å². The number of pyridine rings is 1. The van der Waals surface area contributed by atoms with E-state index in [9.17, 15) is 19.2 Å². The number of esters is 1. The number of rotatable bonds is 1. The van der Waals surface area contributed by atoms with Crippen molar-refractivity contribution in [2.45, 2.75) is 70.4 Å². The standard InChI is InChI=1S/C31H38FN5O7/c1-18-22-10-9-21-8-7-20(14-24(21)35-22)11-12-31(15-42-17-43-16-31)29(41)44-25(30(3,4)32)27(39)34-19(2)28(40)37-13-5-6-23(36-37)26(38)33-18/h7-12,14,18-19,23,25,36H,5-6,13,15-17H2,1-4H3,(H,33,38)(H,34,39)/b12-11+/t18-,19+,23+,25-/m1/s1. The van der Waals surface area contributed by atoms with Crippen LogP contribution in [0.15, 0.2) is 36.4 Å². The Kier molecular flexibility index (Phi) is 9.00. The molecule has 4 heterocycles. The largest absolute Gasteiger partial charge is 0.448 e. The third kappa shape index (κ3) is 6.74. The van der Waals surface area contributed by atoms with Crippen LogP contribution in [0.1, 0.15) is 57.8 Å². The van der Waals surface area contributed by atoms with Crippen molar-refractivity contribution in [3.8, 4) is 0 Å². The van der Waals surface area contributed by atoms with Gasteiger partial charge in [-0.25, -0.2) is 9.82 Å². The first-order chi connectivity index (χ1) is 20.9. The molecule has 2 saturated heterocycles. The molecule has 4 atom stereocenters.